The predicted molar refractivity (Wildman–Crippen MR) is 109 cm³/mol. The number of benzene rings is 4. The minimum Gasteiger partial charge on any atom is -0.497 e. The Bertz CT molecular complexity index is 1090. The van der Waals surface area contributed by atoms with Crippen LogP contribution < -0.4 is 4.74 Å². The molecule has 5 rings (SSSR count). The summed E-state index contributed by atoms with van der Waals surface area (Å²) in [5.74, 6) is 0.866. The van der Waals surface area contributed by atoms with E-state index in [1.54, 1.807) is 7.11 Å². The Morgan fingerprint density at radius 2 is 1.33 bits per heavy atom. The summed E-state index contributed by atoms with van der Waals surface area (Å²) < 4.78 is 5.26. The van der Waals surface area contributed by atoms with Crippen LogP contribution in [0.1, 0.15) is 29.6 Å². The molecule has 2 atom stereocenters. The number of fused-ring (bicyclic) bond motifs is 2. The second kappa shape index (κ2) is 6.51. The summed E-state index contributed by atoms with van der Waals surface area (Å²) in [5.41, 5.74) is 2.48. The van der Waals surface area contributed by atoms with Gasteiger partial charge >= 0.3 is 0 Å². The fourth-order valence-electron chi connectivity index (χ4n) is 4.08. The highest BCUT2D eigenvalue weighted by Gasteiger charge is 2.27. The Morgan fingerprint density at radius 1 is 0.741 bits per heavy atom. The molecule has 0 aliphatic carbocycles. The van der Waals surface area contributed by atoms with Crippen LogP contribution in [0.15, 0.2) is 89.1 Å². The molecule has 0 spiro atoms. The molecule has 0 bridgehead atoms. The molecule has 4 aromatic rings. The number of rotatable bonds is 3. The van der Waals surface area contributed by atoms with E-state index >= 15 is 0 Å². The molecule has 0 radical (unpaired) electrons. The molecule has 3 heteroatoms. The van der Waals surface area contributed by atoms with E-state index in [1.807, 2.05) is 12.1 Å². The van der Waals surface area contributed by atoms with Gasteiger partial charge in [0.2, 0.25) is 0 Å². The minimum absolute atomic E-state index is 0.0769. The molecule has 0 fully saturated rings. The molecule has 3 nitrogen and oxygen atoms in total. The van der Waals surface area contributed by atoms with E-state index in [9.17, 15) is 0 Å². The van der Waals surface area contributed by atoms with Gasteiger partial charge < -0.3 is 4.74 Å². The molecule has 27 heavy (non-hydrogen) atoms. The average molecular weight is 352 g/mol. The summed E-state index contributed by atoms with van der Waals surface area (Å²) in [4.78, 5) is 0. The van der Waals surface area contributed by atoms with Crippen LogP contribution in [-0.2, 0) is 0 Å². The first-order chi connectivity index (χ1) is 13.3. The zero-order valence-electron chi connectivity index (χ0n) is 15.2. The highest BCUT2D eigenvalue weighted by molar-refractivity contribution is 6.02. The monoisotopic (exact) mass is 352 g/mol. The van der Waals surface area contributed by atoms with Gasteiger partial charge in [-0.2, -0.15) is 10.2 Å². The van der Waals surface area contributed by atoms with Crippen molar-refractivity contribution in [1.29, 1.82) is 0 Å². The fourth-order valence-corrected chi connectivity index (χ4v) is 4.08. The number of methoxy groups -OCH3 is 1. The van der Waals surface area contributed by atoms with E-state index in [1.165, 1.54) is 32.7 Å². The maximum atomic E-state index is 5.26. The van der Waals surface area contributed by atoms with Crippen molar-refractivity contribution in [1.82, 2.24) is 0 Å². The van der Waals surface area contributed by atoms with Gasteiger partial charge in [0, 0.05) is 6.42 Å². The summed E-state index contributed by atoms with van der Waals surface area (Å²) in [7, 11) is 1.69. The van der Waals surface area contributed by atoms with E-state index in [4.69, 9.17) is 9.85 Å². The quantitative estimate of drug-likeness (QED) is 0.380. The van der Waals surface area contributed by atoms with Crippen LogP contribution in [0.25, 0.3) is 21.5 Å². The molecule has 0 saturated heterocycles. The normalized spacial score (nSPS) is 19.0. The highest BCUT2D eigenvalue weighted by Crippen LogP contribution is 2.43. The fraction of sp³-hybridized carbons (Fsp3) is 0.167. The third-order valence-electron chi connectivity index (χ3n) is 5.44. The molecule has 0 saturated carbocycles. The molecular formula is C24H20N2O. The number of ether oxygens (including phenoxy) is 1. The van der Waals surface area contributed by atoms with E-state index in [0.717, 1.165) is 12.2 Å². The van der Waals surface area contributed by atoms with Crippen molar-refractivity contribution in [2.24, 2.45) is 10.2 Å². The molecular weight excluding hydrogens is 332 g/mol. The van der Waals surface area contributed by atoms with E-state index < -0.39 is 0 Å². The summed E-state index contributed by atoms with van der Waals surface area (Å²) in [6.07, 6.45) is 0.893. The number of azo groups is 1. The summed E-state index contributed by atoms with van der Waals surface area (Å²) >= 11 is 0. The van der Waals surface area contributed by atoms with Gasteiger partial charge in [0.05, 0.1) is 19.2 Å². The standard InChI is InChI=1S/C24H20N2O/c1-27-19-12-10-16(11-13-19)22-15-23(26-25-22)24-20-8-4-2-6-17(20)14-18-7-3-5-9-21(18)24/h2-14,22-23H,15H2,1H3. The summed E-state index contributed by atoms with van der Waals surface area (Å²) in [5, 5.41) is 14.4. The molecule has 1 heterocycles. The van der Waals surface area contributed by atoms with Crippen molar-refractivity contribution in [3.8, 4) is 5.75 Å². The topological polar surface area (TPSA) is 34.0 Å². The van der Waals surface area contributed by atoms with E-state index in [2.05, 4.69) is 71.8 Å². The lowest BCUT2D eigenvalue weighted by atomic mass is 9.89. The number of hydrogen-bond acceptors (Lipinski definition) is 3. The second-order valence-corrected chi connectivity index (χ2v) is 7.00. The van der Waals surface area contributed by atoms with Crippen molar-refractivity contribution >= 4 is 21.5 Å². The number of hydrogen-bond donors (Lipinski definition) is 0. The lowest BCUT2D eigenvalue weighted by Gasteiger charge is -2.15. The first-order valence-corrected chi connectivity index (χ1v) is 9.28. The van der Waals surface area contributed by atoms with Crippen molar-refractivity contribution in [3.63, 3.8) is 0 Å². The Labute approximate surface area is 158 Å². The molecule has 1 aliphatic heterocycles. The van der Waals surface area contributed by atoms with Crippen LogP contribution in [0.3, 0.4) is 0 Å². The van der Waals surface area contributed by atoms with Crippen LogP contribution in [0.2, 0.25) is 0 Å². The van der Waals surface area contributed by atoms with Crippen LogP contribution in [-0.4, -0.2) is 7.11 Å². The Kier molecular flexibility index (Phi) is 3.86. The Morgan fingerprint density at radius 3 is 1.96 bits per heavy atom. The Balaban J connectivity index is 1.58. The van der Waals surface area contributed by atoms with E-state index in [0.29, 0.717) is 0 Å². The van der Waals surface area contributed by atoms with Gasteiger partial charge in [-0.25, -0.2) is 0 Å². The average Bonchev–Trinajstić information content (AvgIpc) is 3.21. The second-order valence-electron chi connectivity index (χ2n) is 7.00. The Hall–Kier alpha value is -3.20. The summed E-state index contributed by atoms with van der Waals surface area (Å²) in [6.45, 7) is 0. The van der Waals surface area contributed by atoms with Gasteiger partial charge in [-0.3, -0.25) is 0 Å². The molecule has 1 aliphatic rings. The van der Waals surface area contributed by atoms with Crippen LogP contribution in [0.4, 0.5) is 0 Å². The van der Waals surface area contributed by atoms with Crippen molar-refractivity contribution in [2.45, 2.75) is 18.5 Å². The summed E-state index contributed by atoms with van der Waals surface area (Å²) in [6, 6.07) is 27.8. The lowest BCUT2D eigenvalue weighted by Crippen LogP contribution is -1.99. The zero-order valence-corrected chi connectivity index (χ0v) is 15.2. The molecule has 0 aromatic heterocycles. The van der Waals surface area contributed by atoms with Crippen molar-refractivity contribution < 1.29 is 4.74 Å². The molecule has 0 N–H and O–H groups in total. The van der Waals surface area contributed by atoms with Crippen LogP contribution >= 0.6 is 0 Å². The number of nitrogens with zero attached hydrogens (tertiary/aromatic N) is 2. The molecule has 0 amide bonds. The zero-order chi connectivity index (χ0) is 18.2. The van der Waals surface area contributed by atoms with Crippen LogP contribution in [0, 0.1) is 0 Å². The smallest absolute Gasteiger partial charge is 0.118 e. The largest absolute Gasteiger partial charge is 0.497 e. The molecule has 132 valence electrons. The lowest BCUT2D eigenvalue weighted by molar-refractivity contribution is 0.414. The minimum atomic E-state index is 0.0769. The van der Waals surface area contributed by atoms with Gasteiger partial charge in [-0.1, -0.05) is 60.7 Å². The van der Waals surface area contributed by atoms with Crippen molar-refractivity contribution in [3.05, 3.63) is 90.0 Å². The van der Waals surface area contributed by atoms with Crippen LogP contribution in [0.5, 0.6) is 5.75 Å². The van der Waals surface area contributed by atoms with Gasteiger partial charge in [0.1, 0.15) is 5.75 Å². The first kappa shape index (κ1) is 16.0. The maximum absolute atomic E-state index is 5.26. The SMILES string of the molecule is COc1ccc(C2CC(c3c4ccccc4cc4ccccc34)N=N2)cc1. The van der Waals surface area contributed by atoms with Gasteiger partial charge in [-0.15, -0.1) is 0 Å². The third-order valence-corrected chi connectivity index (χ3v) is 5.44. The molecule has 4 aromatic carbocycles. The molecule has 2 unspecified atom stereocenters. The van der Waals surface area contributed by atoms with Crippen molar-refractivity contribution in [2.75, 3.05) is 7.11 Å². The third kappa shape index (κ3) is 2.76. The highest BCUT2D eigenvalue weighted by atomic mass is 16.5. The first-order valence-electron chi connectivity index (χ1n) is 9.28. The maximum Gasteiger partial charge on any atom is 0.118 e. The predicted octanol–water partition coefficient (Wildman–Crippen LogP) is 6.64. The van der Waals surface area contributed by atoms with Gasteiger partial charge in [-0.05, 0) is 50.9 Å². The van der Waals surface area contributed by atoms with E-state index in [-0.39, 0.29) is 12.1 Å². The van der Waals surface area contributed by atoms with Gasteiger partial charge in [0.25, 0.3) is 0 Å². The van der Waals surface area contributed by atoms with Gasteiger partial charge in [0.15, 0.2) is 0 Å².